The van der Waals surface area contributed by atoms with E-state index in [-0.39, 0.29) is 12.5 Å². The molecule has 0 atom stereocenters. The van der Waals surface area contributed by atoms with E-state index in [0.29, 0.717) is 24.4 Å². The van der Waals surface area contributed by atoms with E-state index in [2.05, 4.69) is 0 Å². The van der Waals surface area contributed by atoms with Crippen LogP contribution in [0.4, 0.5) is 0 Å². The van der Waals surface area contributed by atoms with Crippen LogP contribution in [0, 0.1) is 0 Å². The number of hydrogen-bond donors (Lipinski definition) is 0. The number of carbonyl (C=O) groups is 2. The lowest BCUT2D eigenvalue weighted by Crippen LogP contribution is -2.34. The molecule has 0 aliphatic heterocycles. The molecule has 4 heteroatoms. The van der Waals surface area contributed by atoms with Gasteiger partial charge in [-0.25, -0.2) is 0 Å². The van der Waals surface area contributed by atoms with Crippen LogP contribution in [0.1, 0.15) is 24.2 Å². The van der Waals surface area contributed by atoms with Crippen molar-refractivity contribution in [2.75, 3.05) is 19.7 Å². The Morgan fingerprint density at radius 3 is 2.38 bits per heavy atom. The van der Waals surface area contributed by atoms with Crippen molar-refractivity contribution in [1.29, 1.82) is 0 Å². The largest absolute Gasteiger partial charge is 0.483 e. The van der Waals surface area contributed by atoms with E-state index in [9.17, 15) is 9.59 Å². The molecular formula is C17H19NO3. The van der Waals surface area contributed by atoms with Gasteiger partial charge in [0.25, 0.3) is 5.91 Å². The Balaban J connectivity index is 2.24. The number of hydrogen-bond acceptors (Lipinski definition) is 3. The maximum absolute atomic E-state index is 12.0. The van der Waals surface area contributed by atoms with Crippen LogP contribution >= 0.6 is 0 Å². The number of amides is 1. The summed E-state index contributed by atoms with van der Waals surface area (Å²) in [6.07, 6.45) is 0.827. The van der Waals surface area contributed by atoms with E-state index in [4.69, 9.17) is 4.74 Å². The van der Waals surface area contributed by atoms with Crippen LogP contribution in [0.15, 0.2) is 36.4 Å². The Morgan fingerprint density at radius 1 is 1.10 bits per heavy atom. The van der Waals surface area contributed by atoms with E-state index >= 15 is 0 Å². The van der Waals surface area contributed by atoms with Crippen LogP contribution in [-0.2, 0) is 4.79 Å². The van der Waals surface area contributed by atoms with Gasteiger partial charge in [-0.3, -0.25) is 9.59 Å². The minimum atomic E-state index is -0.0384. The second-order valence-corrected chi connectivity index (χ2v) is 4.67. The summed E-state index contributed by atoms with van der Waals surface area (Å²) in [6.45, 7) is 5.23. The fourth-order valence-electron chi connectivity index (χ4n) is 2.33. The fourth-order valence-corrected chi connectivity index (χ4v) is 2.33. The van der Waals surface area contributed by atoms with Gasteiger partial charge >= 0.3 is 0 Å². The summed E-state index contributed by atoms with van der Waals surface area (Å²) in [5.41, 5.74) is 0.619. The minimum Gasteiger partial charge on any atom is -0.483 e. The van der Waals surface area contributed by atoms with Gasteiger partial charge in [0.15, 0.2) is 12.9 Å². The highest BCUT2D eigenvalue weighted by Gasteiger charge is 2.12. The van der Waals surface area contributed by atoms with Gasteiger partial charge in [0, 0.05) is 24.0 Å². The summed E-state index contributed by atoms with van der Waals surface area (Å²) < 4.78 is 5.66. The third-order valence-electron chi connectivity index (χ3n) is 3.51. The Kier molecular flexibility index (Phi) is 4.93. The van der Waals surface area contributed by atoms with E-state index in [1.807, 2.05) is 38.1 Å². The predicted octanol–water partition coefficient (Wildman–Crippen LogP) is 2.90. The summed E-state index contributed by atoms with van der Waals surface area (Å²) >= 11 is 0. The molecule has 0 fully saturated rings. The van der Waals surface area contributed by atoms with Gasteiger partial charge in [-0.2, -0.15) is 0 Å². The first-order chi connectivity index (χ1) is 10.2. The van der Waals surface area contributed by atoms with Crippen molar-refractivity contribution in [2.45, 2.75) is 13.8 Å². The second-order valence-electron chi connectivity index (χ2n) is 4.67. The zero-order chi connectivity index (χ0) is 15.2. The molecule has 4 nitrogen and oxygen atoms in total. The Bertz CT molecular complexity index is 648. The normalized spacial score (nSPS) is 10.4. The summed E-state index contributed by atoms with van der Waals surface area (Å²) in [6, 6.07) is 11.0. The molecular weight excluding hydrogens is 266 g/mol. The molecule has 110 valence electrons. The molecule has 1 amide bonds. The van der Waals surface area contributed by atoms with Crippen molar-refractivity contribution in [3.63, 3.8) is 0 Å². The number of nitrogens with zero attached hydrogens (tertiary/aromatic N) is 1. The number of likely N-dealkylation sites (N-methyl/N-ethyl adjacent to an activating group) is 1. The summed E-state index contributed by atoms with van der Waals surface area (Å²) in [7, 11) is 0. The average molecular weight is 285 g/mol. The third-order valence-corrected chi connectivity index (χ3v) is 3.51. The topological polar surface area (TPSA) is 46.6 Å². The maximum atomic E-state index is 12.0. The number of fused-ring (bicyclic) bond motifs is 1. The molecule has 0 N–H and O–H groups in total. The molecule has 21 heavy (non-hydrogen) atoms. The first-order valence-electron chi connectivity index (χ1n) is 7.08. The van der Waals surface area contributed by atoms with Crippen LogP contribution in [-0.4, -0.2) is 36.8 Å². The zero-order valence-electron chi connectivity index (χ0n) is 12.3. The van der Waals surface area contributed by atoms with Crippen molar-refractivity contribution in [3.05, 3.63) is 42.0 Å². The van der Waals surface area contributed by atoms with Gasteiger partial charge in [0.05, 0.1) is 0 Å². The Labute approximate surface area is 124 Å². The minimum absolute atomic E-state index is 0.00606. The standard InChI is InChI=1S/C17H19NO3/c1-3-18(4-2)17(20)12-21-16-10-9-13(11-19)14-7-5-6-8-15(14)16/h5-11H,3-4,12H2,1-2H3. The van der Waals surface area contributed by atoms with Gasteiger partial charge in [-0.1, -0.05) is 24.3 Å². The number of benzene rings is 2. The predicted molar refractivity (Wildman–Crippen MR) is 82.8 cm³/mol. The Hall–Kier alpha value is -2.36. The van der Waals surface area contributed by atoms with Crippen LogP contribution in [0.2, 0.25) is 0 Å². The lowest BCUT2D eigenvalue weighted by atomic mass is 10.0. The molecule has 2 aromatic carbocycles. The fraction of sp³-hybridized carbons (Fsp3) is 0.294. The van der Waals surface area contributed by atoms with Crippen molar-refractivity contribution >= 4 is 23.0 Å². The van der Waals surface area contributed by atoms with E-state index < -0.39 is 0 Å². The van der Waals surface area contributed by atoms with Crippen molar-refractivity contribution in [1.82, 2.24) is 4.90 Å². The van der Waals surface area contributed by atoms with Crippen molar-refractivity contribution < 1.29 is 14.3 Å². The quantitative estimate of drug-likeness (QED) is 0.767. The average Bonchev–Trinajstić information content (AvgIpc) is 2.53. The van der Waals surface area contributed by atoms with E-state index in [0.717, 1.165) is 17.1 Å². The van der Waals surface area contributed by atoms with Crippen LogP contribution in [0.3, 0.4) is 0 Å². The molecule has 0 aromatic heterocycles. The summed E-state index contributed by atoms with van der Waals surface area (Å²) in [5, 5.41) is 1.68. The summed E-state index contributed by atoms with van der Waals surface area (Å²) in [4.78, 5) is 24.8. The smallest absolute Gasteiger partial charge is 0.260 e. The molecule has 0 bridgehead atoms. The highest BCUT2D eigenvalue weighted by molar-refractivity contribution is 6.01. The SMILES string of the molecule is CCN(CC)C(=O)COc1ccc(C=O)c2ccccc12. The van der Waals surface area contributed by atoms with Gasteiger partial charge in [-0.15, -0.1) is 0 Å². The van der Waals surface area contributed by atoms with Crippen molar-refractivity contribution in [3.8, 4) is 5.75 Å². The molecule has 0 radical (unpaired) electrons. The molecule has 0 saturated carbocycles. The molecule has 2 rings (SSSR count). The number of carbonyl (C=O) groups excluding carboxylic acids is 2. The van der Waals surface area contributed by atoms with Gasteiger partial charge in [0.1, 0.15) is 5.75 Å². The lowest BCUT2D eigenvalue weighted by Gasteiger charge is -2.19. The van der Waals surface area contributed by atoms with E-state index in [1.165, 1.54) is 0 Å². The van der Waals surface area contributed by atoms with Gasteiger partial charge in [-0.05, 0) is 31.4 Å². The number of rotatable bonds is 6. The number of ether oxygens (including phenoxy) is 1. The van der Waals surface area contributed by atoms with Crippen LogP contribution in [0.5, 0.6) is 5.75 Å². The molecule has 2 aromatic rings. The molecule has 0 spiro atoms. The van der Waals surface area contributed by atoms with Gasteiger partial charge < -0.3 is 9.64 Å². The highest BCUT2D eigenvalue weighted by atomic mass is 16.5. The monoisotopic (exact) mass is 285 g/mol. The zero-order valence-corrected chi connectivity index (χ0v) is 12.3. The van der Waals surface area contributed by atoms with Gasteiger partial charge in [0.2, 0.25) is 0 Å². The highest BCUT2D eigenvalue weighted by Crippen LogP contribution is 2.27. The molecule has 0 heterocycles. The third kappa shape index (κ3) is 3.21. The summed E-state index contributed by atoms with van der Waals surface area (Å²) in [5.74, 6) is 0.584. The Morgan fingerprint density at radius 2 is 1.76 bits per heavy atom. The first-order valence-corrected chi connectivity index (χ1v) is 7.08. The molecule has 0 aliphatic rings. The van der Waals surface area contributed by atoms with Crippen LogP contribution in [0.25, 0.3) is 10.8 Å². The lowest BCUT2D eigenvalue weighted by molar-refractivity contribution is -0.132. The molecule has 0 unspecified atom stereocenters. The van der Waals surface area contributed by atoms with E-state index in [1.54, 1.807) is 17.0 Å². The maximum Gasteiger partial charge on any atom is 0.260 e. The van der Waals surface area contributed by atoms with Crippen molar-refractivity contribution in [2.24, 2.45) is 0 Å². The van der Waals surface area contributed by atoms with Crippen LogP contribution < -0.4 is 4.74 Å². The second kappa shape index (κ2) is 6.88. The molecule has 0 aliphatic carbocycles. The first kappa shape index (κ1) is 15.0. The number of aldehydes is 1. The molecule has 0 saturated heterocycles.